The number of nitrogens with zero attached hydrogens (tertiary/aromatic N) is 1. The first-order chi connectivity index (χ1) is 10.1. The molecule has 0 amide bonds. The van der Waals surface area contributed by atoms with Crippen LogP contribution in [-0.2, 0) is 14.9 Å². The highest BCUT2D eigenvalue weighted by Crippen LogP contribution is 2.27. The molecule has 1 aromatic heterocycles. The van der Waals surface area contributed by atoms with Gasteiger partial charge in [-0.05, 0) is 11.6 Å². The van der Waals surface area contributed by atoms with E-state index in [2.05, 4.69) is 9.97 Å². The Hall–Kier alpha value is -2.51. The van der Waals surface area contributed by atoms with Gasteiger partial charge in [-0.3, -0.25) is 4.55 Å². The Morgan fingerprint density at radius 3 is 2.29 bits per heavy atom. The molecule has 3 aromatic rings. The molecule has 0 atom stereocenters. The first-order valence-electron chi connectivity index (χ1n) is 5.86. The minimum absolute atomic E-state index is 0.439. The van der Waals surface area contributed by atoms with E-state index in [1.807, 2.05) is 43.2 Å². The summed E-state index contributed by atoms with van der Waals surface area (Å²) in [7, 11) is -4.33. The van der Waals surface area contributed by atoms with Gasteiger partial charge in [-0.2, -0.15) is 8.42 Å². The number of benzene rings is 2. The normalized spacial score (nSPS) is 10.9. The topological polar surface area (TPSA) is 100 Å². The number of fused-ring (bicyclic) bond motifs is 1. The molecule has 0 aliphatic carbocycles. The van der Waals surface area contributed by atoms with Crippen LogP contribution in [0.2, 0.25) is 0 Å². The Labute approximate surface area is 121 Å². The summed E-state index contributed by atoms with van der Waals surface area (Å²) in [6.07, 6.45) is 0. The molecule has 1 heterocycles. The second kappa shape index (κ2) is 5.86. The fourth-order valence-electron chi connectivity index (χ4n) is 1.99. The highest BCUT2D eigenvalue weighted by molar-refractivity contribution is 7.85. The summed E-state index contributed by atoms with van der Waals surface area (Å²) < 4.78 is 31.3. The third kappa shape index (κ3) is 2.99. The van der Waals surface area contributed by atoms with E-state index in [1.165, 1.54) is 0 Å². The molecule has 2 aromatic carbocycles. The molecule has 0 bridgehead atoms. The Morgan fingerprint density at radius 1 is 1.00 bits per heavy atom. The minimum Gasteiger partial charge on any atom is -0.326 e. The SMILES string of the molecule is C=O.O=S(=O)(O)c1nc2cccc(-c3ccccc3)c2[nH]1. The largest absolute Gasteiger partial charge is 0.328 e. The summed E-state index contributed by atoms with van der Waals surface area (Å²) in [5, 5.41) is -0.439. The van der Waals surface area contributed by atoms with Crippen LogP contribution in [-0.4, -0.2) is 29.7 Å². The maximum absolute atomic E-state index is 11.1. The van der Waals surface area contributed by atoms with E-state index in [0.29, 0.717) is 11.0 Å². The molecule has 0 unspecified atom stereocenters. The molecule has 2 N–H and O–H groups in total. The first-order valence-corrected chi connectivity index (χ1v) is 7.30. The van der Waals surface area contributed by atoms with Crippen molar-refractivity contribution in [3.05, 3.63) is 48.5 Å². The zero-order valence-electron chi connectivity index (χ0n) is 10.9. The van der Waals surface area contributed by atoms with Crippen molar-refractivity contribution >= 4 is 27.9 Å². The zero-order chi connectivity index (χ0) is 15.5. The van der Waals surface area contributed by atoms with Gasteiger partial charge in [0.25, 0.3) is 5.16 Å². The lowest BCUT2D eigenvalue weighted by molar-refractivity contribution is -0.0979. The van der Waals surface area contributed by atoms with E-state index in [4.69, 9.17) is 9.35 Å². The second-order valence-electron chi connectivity index (χ2n) is 4.08. The number of carbonyl (C=O) groups is 1. The maximum atomic E-state index is 11.1. The molecule has 0 spiro atoms. The Balaban J connectivity index is 0.000000774. The summed E-state index contributed by atoms with van der Waals surface area (Å²) in [5.74, 6) is 0. The van der Waals surface area contributed by atoms with Crippen LogP contribution in [0.1, 0.15) is 0 Å². The number of hydrogen-bond acceptors (Lipinski definition) is 4. The molecule has 7 heteroatoms. The van der Waals surface area contributed by atoms with Crippen LogP contribution in [0.5, 0.6) is 0 Å². The molecule has 3 rings (SSSR count). The predicted molar refractivity (Wildman–Crippen MR) is 78.5 cm³/mol. The van der Waals surface area contributed by atoms with E-state index >= 15 is 0 Å². The molecule has 6 nitrogen and oxygen atoms in total. The fraction of sp³-hybridized carbons (Fsp3) is 0. The molecule has 0 saturated carbocycles. The van der Waals surface area contributed by atoms with Crippen molar-refractivity contribution in [2.75, 3.05) is 0 Å². The first kappa shape index (κ1) is 14.9. The van der Waals surface area contributed by atoms with Crippen LogP contribution >= 0.6 is 0 Å². The number of aromatic amines is 1. The van der Waals surface area contributed by atoms with Gasteiger partial charge in [0.05, 0.1) is 11.0 Å². The molecular weight excluding hydrogens is 292 g/mol. The lowest BCUT2D eigenvalue weighted by Gasteiger charge is -2.01. The van der Waals surface area contributed by atoms with E-state index < -0.39 is 15.3 Å². The number of hydrogen-bond donors (Lipinski definition) is 2. The van der Waals surface area contributed by atoms with Gasteiger partial charge in [0, 0.05) is 5.56 Å². The van der Waals surface area contributed by atoms with Gasteiger partial charge in [0.1, 0.15) is 6.79 Å². The van der Waals surface area contributed by atoms with Gasteiger partial charge in [-0.15, -0.1) is 0 Å². The van der Waals surface area contributed by atoms with Gasteiger partial charge >= 0.3 is 10.1 Å². The van der Waals surface area contributed by atoms with Crippen molar-refractivity contribution in [1.82, 2.24) is 9.97 Å². The molecule has 0 saturated heterocycles. The molecular formula is C14H12N2O4S. The van der Waals surface area contributed by atoms with E-state index in [-0.39, 0.29) is 0 Å². The number of aromatic nitrogens is 2. The summed E-state index contributed by atoms with van der Waals surface area (Å²) >= 11 is 0. The summed E-state index contributed by atoms with van der Waals surface area (Å²) in [6.45, 7) is 2.00. The van der Waals surface area contributed by atoms with Gasteiger partial charge < -0.3 is 9.78 Å². The summed E-state index contributed by atoms with van der Waals surface area (Å²) in [4.78, 5) is 14.5. The van der Waals surface area contributed by atoms with Crippen LogP contribution in [0.15, 0.2) is 53.7 Å². The highest BCUT2D eigenvalue weighted by atomic mass is 32.2. The number of carbonyl (C=O) groups excluding carboxylic acids is 1. The van der Waals surface area contributed by atoms with Gasteiger partial charge in [0.2, 0.25) is 0 Å². The Morgan fingerprint density at radius 2 is 1.67 bits per heavy atom. The lowest BCUT2D eigenvalue weighted by atomic mass is 10.0. The second-order valence-corrected chi connectivity index (χ2v) is 5.42. The summed E-state index contributed by atoms with van der Waals surface area (Å²) in [6, 6.07) is 14.9. The van der Waals surface area contributed by atoms with Crippen molar-refractivity contribution < 1.29 is 17.8 Å². The highest BCUT2D eigenvalue weighted by Gasteiger charge is 2.16. The Kier molecular flexibility index (Phi) is 4.15. The number of para-hydroxylation sites is 1. The average molecular weight is 304 g/mol. The van der Waals surface area contributed by atoms with E-state index in [9.17, 15) is 8.42 Å². The van der Waals surface area contributed by atoms with Crippen molar-refractivity contribution in [2.45, 2.75) is 5.16 Å². The average Bonchev–Trinajstić information content (AvgIpc) is 2.94. The quantitative estimate of drug-likeness (QED) is 0.707. The third-order valence-corrected chi connectivity index (χ3v) is 3.51. The monoisotopic (exact) mass is 304 g/mol. The molecule has 108 valence electrons. The van der Waals surface area contributed by atoms with Crippen molar-refractivity contribution in [3.8, 4) is 11.1 Å². The van der Waals surface area contributed by atoms with Gasteiger partial charge in [-0.1, -0.05) is 42.5 Å². The number of imidazole rings is 1. The maximum Gasteiger partial charge on any atom is 0.328 e. The van der Waals surface area contributed by atoms with Gasteiger partial charge in [0.15, 0.2) is 0 Å². The number of H-pyrrole nitrogens is 1. The van der Waals surface area contributed by atoms with E-state index in [1.54, 1.807) is 12.1 Å². The molecule has 0 radical (unpaired) electrons. The standard InChI is InChI=1S/C13H10N2O3S.CH2O/c16-19(17,18)13-14-11-8-4-7-10(12(11)15-13)9-5-2-1-3-6-9;1-2/h1-8H,(H,14,15)(H,16,17,18);1H2. The summed E-state index contributed by atoms with van der Waals surface area (Å²) in [5.41, 5.74) is 2.86. The smallest absolute Gasteiger partial charge is 0.326 e. The molecule has 0 aliphatic heterocycles. The molecule has 0 aliphatic rings. The number of nitrogens with one attached hydrogen (secondary N) is 1. The molecule has 0 fully saturated rings. The van der Waals surface area contributed by atoms with Crippen LogP contribution < -0.4 is 0 Å². The van der Waals surface area contributed by atoms with E-state index in [0.717, 1.165) is 11.1 Å². The zero-order valence-corrected chi connectivity index (χ0v) is 11.7. The van der Waals surface area contributed by atoms with Gasteiger partial charge in [-0.25, -0.2) is 4.98 Å². The molecule has 21 heavy (non-hydrogen) atoms. The van der Waals surface area contributed by atoms with Crippen LogP contribution in [0.3, 0.4) is 0 Å². The van der Waals surface area contributed by atoms with Crippen molar-refractivity contribution in [1.29, 1.82) is 0 Å². The van der Waals surface area contributed by atoms with Crippen LogP contribution in [0, 0.1) is 0 Å². The van der Waals surface area contributed by atoms with Crippen molar-refractivity contribution in [2.24, 2.45) is 0 Å². The fourth-order valence-corrected chi connectivity index (χ4v) is 2.43. The lowest BCUT2D eigenvalue weighted by Crippen LogP contribution is -1.99. The number of rotatable bonds is 2. The van der Waals surface area contributed by atoms with Crippen LogP contribution in [0.25, 0.3) is 22.2 Å². The predicted octanol–water partition coefficient (Wildman–Crippen LogP) is 2.29. The Bertz CT molecular complexity index is 857. The minimum atomic E-state index is -4.33. The third-order valence-electron chi connectivity index (χ3n) is 2.83. The van der Waals surface area contributed by atoms with Crippen molar-refractivity contribution in [3.63, 3.8) is 0 Å². The van der Waals surface area contributed by atoms with Crippen LogP contribution in [0.4, 0.5) is 0 Å².